The van der Waals surface area contributed by atoms with Crippen LogP contribution in [0, 0.1) is 0 Å². The smallest absolute Gasteiger partial charge is 0.363 e. The van der Waals surface area contributed by atoms with Gasteiger partial charge in [-0.25, -0.2) is 10.1 Å². The Morgan fingerprint density at radius 3 is 2.33 bits per heavy atom. The normalized spacial score (nSPS) is 17.6. The molecule has 2 aromatic carbocycles. The first-order valence-electron chi connectivity index (χ1n) is 11.5. The van der Waals surface area contributed by atoms with E-state index in [0.717, 1.165) is 44.7 Å². The second-order valence-electron chi connectivity index (χ2n) is 8.67. The number of nitrogens with zero attached hydrogens (tertiary/aromatic N) is 5. The van der Waals surface area contributed by atoms with Crippen molar-refractivity contribution in [2.75, 3.05) is 57.8 Å². The highest BCUT2D eigenvalue weighted by atomic mass is 35.5. The highest BCUT2D eigenvalue weighted by Gasteiger charge is 2.25. The van der Waals surface area contributed by atoms with Crippen LogP contribution in [0.25, 0.3) is 0 Å². The fourth-order valence-electron chi connectivity index (χ4n) is 4.50. The third-order valence-corrected chi connectivity index (χ3v) is 6.77. The van der Waals surface area contributed by atoms with Gasteiger partial charge < -0.3 is 14.7 Å². The molecule has 0 spiro atoms. The van der Waals surface area contributed by atoms with Gasteiger partial charge >= 0.3 is 6.03 Å². The van der Waals surface area contributed by atoms with Gasteiger partial charge in [-0.3, -0.25) is 4.79 Å². The number of urea groups is 1. The van der Waals surface area contributed by atoms with E-state index < -0.39 is 6.03 Å². The van der Waals surface area contributed by atoms with Crippen LogP contribution in [0.5, 0.6) is 0 Å². The SMILES string of the molecule is CN1CCN(c2c(Cl)cccc2[N]C(=O)[N]CC(=O)N2CCC(c3ccccc3)CC2)CC1. The average Bonchev–Trinajstić information content (AvgIpc) is 2.84. The van der Waals surface area contributed by atoms with E-state index in [2.05, 4.69) is 51.7 Å². The summed E-state index contributed by atoms with van der Waals surface area (Å²) in [5.41, 5.74) is 2.57. The van der Waals surface area contributed by atoms with Crippen molar-refractivity contribution in [2.24, 2.45) is 0 Å². The molecule has 4 rings (SSSR count). The van der Waals surface area contributed by atoms with Gasteiger partial charge in [0.1, 0.15) is 6.54 Å². The highest BCUT2D eigenvalue weighted by molar-refractivity contribution is 6.34. The third kappa shape index (κ3) is 5.97. The number of likely N-dealkylation sites (N-methyl/N-ethyl adjacent to an activating group) is 1. The molecule has 2 aliphatic heterocycles. The van der Waals surface area contributed by atoms with E-state index in [-0.39, 0.29) is 12.5 Å². The Bertz CT molecular complexity index is 955. The van der Waals surface area contributed by atoms with Gasteiger partial charge in [-0.05, 0) is 43.5 Å². The minimum absolute atomic E-state index is 0.129. The van der Waals surface area contributed by atoms with E-state index >= 15 is 0 Å². The molecular weight excluding hydrogens is 438 g/mol. The van der Waals surface area contributed by atoms with E-state index in [1.807, 2.05) is 6.07 Å². The van der Waals surface area contributed by atoms with Crippen LogP contribution >= 0.6 is 11.6 Å². The van der Waals surface area contributed by atoms with Crippen LogP contribution in [0.1, 0.15) is 24.3 Å². The van der Waals surface area contributed by atoms with Crippen LogP contribution in [0.2, 0.25) is 5.02 Å². The number of piperazine rings is 1. The lowest BCUT2D eigenvalue weighted by molar-refractivity contribution is -0.131. The summed E-state index contributed by atoms with van der Waals surface area (Å²) in [6.07, 6.45) is 1.84. The first-order valence-corrected chi connectivity index (χ1v) is 11.9. The van der Waals surface area contributed by atoms with Crippen molar-refractivity contribution in [2.45, 2.75) is 18.8 Å². The second-order valence-corrected chi connectivity index (χ2v) is 9.08. The summed E-state index contributed by atoms with van der Waals surface area (Å²) >= 11 is 6.45. The fourth-order valence-corrected chi connectivity index (χ4v) is 4.79. The van der Waals surface area contributed by atoms with Crippen LogP contribution in [0.4, 0.5) is 16.2 Å². The highest BCUT2D eigenvalue weighted by Crippen LogP contribution is 2.34. The molecule has 0 N–H and O–H groups in total. The number of benzene rings is 2. The van der Waals surface area contributed by atoms with Gasteiger partial charge in [0.05, 0.1) is 16.4 Å². The first kappa shape index (κ1) is 23.4. The van der Waals surface area contributed by atoms with Gasteiger partial charge in [-0.1, -0.05) is 48.0 Å². The number of hydrogen-bond acceptors (Lipinski definition) is 4. The number of piperidine rings is 1. The monoisotopic (exact) mass is 467 g/mol. The Morgan fingerprint density at radius 1 is 0.939 bits per heavy atom. The van der Waals surface area contributed by atoms with Crippen LogP contribution in [0.15, 0.2) is 48.5 Å². The van der Waals surface area contributed by atoms with Gasteiger partial charge in [-0.15, -0.1) is 0 Å². The maximum atomic E-state index is 12.6. The summed E-state index contributed by atoms with van der Waals surface area (Å²) in [6.45, 7) is 4.64. The Kier molecular flexibility index (Phi) is 7.73. The predicted octanol–water partition coefficient (Wildman–Crippen LogP) is 3.46. The second kappa shape index (κ2) is 10.9. The third-order valence-electron chi connectivity index (χ3n) is 6.47. The molecule has 0 bridgehead atoms. The first-order chi connectivity index (χ1) is 16.0. The summed E-state index contributed by atoms with van der Waals surface area (Å²) < 4.78 is 0. The van der Waals surface area contributed by atoms with Crippen molar-refractivity contribution in [3.63, 3.8) is 0 Å². The van der Waals surface area contributed by atoms with Crippen molar-refractivity contribution in [3.05, 3.63) is 59.1 Å². The van der Waals surface area contributed by atoms with Gasteiger partial charge in [-0.2, -0.15) is 5.32 Å². The summed E-state index contributed by atoms with van der Waals surface area (Å²) in [7, 11) is 2.08. The number of anilines is 1. The van der Waals surface area contributed by atoms with Crippen LogP contribution < -0.4 is 15.5 Å². The minimum Gasteiger partial charge on any atom is -0.366 e. The number of rotatable bonds is 5. The molecule has 2 aliphatic rings. The van der Waals surface area contributed by atoms with Crippen LogP contribution in [-0.4, -0.2) is 74.6 Å². The molecule has 2 heterocycles. The van der Waals surface area contributed by atoms with Crippen molar-refractivity contribution in [3.8, 4) is 0 Å². The maximum absolute atomic E-state index is 12.6. The molecule has 0 atom stereocenters. The molecule has 2 aromatic rings. The standard InChI is InChI=1S/C25H30ClN5O2/c1-29-14-16-31(17-15-29)24-21(26)8-5-9-22(24)28-25(33)27-18-23(32)30-12-10-20(11-13-30)19-6-3-2-4-7-19/h2-9,20H,10-18H2,1H3. The molecule has 0 saturated carbocycles. The molecular formula is C25H30ClN5O2. The quantitative estimate of drug-likeness (QED) is 0.675. The Balaban J connectivity index is 1.28. The number of para-hydroxylation sites is 1. The van der Waals surface area contributed by atoms with E-state index in [1.165, 1.54) is 5.56 Å². The van der Waals surface area contributed by atoms with E-state index in [9.17, 15) is 9.59 Å². The van der Waals surface area contributed by atoms with E-state index in [0.29, 0.717) is 29.7 Å². The van der Waals surface area contributed by atoms with Crippen molar-refractivity contribution >= 4 is 34.9 Å². The molecule has 7 nitrogen and oxygen atoms in total. The topological polar surface area (TPSA) is 72.1 Å². The van der Waals surface area contributed by atoms with Gasteiger partial charge in [0.2, 0.25) is 5.91 Å². The lowest BCUT2D eigenvalue weighted by atomic mass is 9.89. The summed E-state index contributed by atoms with van der Waals surface area (Å²) in [4.78, 5) is 31.3. The molecule has 2 radical (unpaired) electrons. The number of amides is 3. The maximum Gasteiger partial charge on any atom is 0.363 e. The Morgan fingerprint density at radius 2 is 1.64 bits per heavy atom. The minimum atomic E-state index is -0.653. The van der Waals surface area contributed by atoms with Crippen molar-refractivity contribution in [1.82, 2.24) is 20.4 Å². The number of halogens is 1. The number of carbonyl (C=O) groups excluding carboxylic acids is 2. The van der Waals surface area contributed by atoms with Crippen LogP contribution in [-0.2, 0) is 4.79 Å². The lowest BCUT2D eigenvalue weighted by Crippen LogP contribution is -2.45. The molecule has 0 aromatic heterocycles. The zero-order valence-electron chi connectivity index (χ0n) is 19.0. The average molecular weight is 468 g/mol. The molecule has 0 aliphatic carbocycles. The predicted molar refractivity (Wildman–Crippen MR) is 130 cm³/mol. The van der Waals surface area contributed by atoms with Gasteiger partial charge in [0.25, 0.3) is 0 Å². The Hall–Kier alpha value is -2.77. The largest absolute Gasteiger partial charge is 0.366 e. The zero-order valence-corrected chi connectivity index (χ0v) is 19.7. The van der Waals surface area contributed by atoms with Gasteiger partial charge in [0, 0.05) is 39.3 Å². The molecule has 174 valence electrons. The molecule has 0 unspecified atom stereocenters. The molecule has 33 heavy (non-hydrogen) atoms. The molecule has 2 saturated heterocycles. The zero-order chi connectivity index (χ0) is 23.2. The van der Waals surface area contributed by atoms with E-state index in [1.54, 1.807) is 23.1 Å². The van der Waals surface area contributed by atoms with Crippen molar-refractivity contribution < 1.29 is 9.59 Å². The molecule has 3 amide bonds. The molecule has 2 fully saturated rings. The number of likely N-dealkylation sites (tertiary alicyclic amines) is 1. The lowest BCUT2D eigenvalue weighted by Gasteiger charge is -2.35. The summed E-state index contributed by atoms with van der Waals surface area (Å²) in [5.74, 6) is 0.343. The molecule has 8 heteroatoms. The summed E-state index contributed by atoms with van der Waals surface area (Å²) in [6, 6.07) is 15.1. The summed E-state index contributed by atoms with van der Waals surface area (Å²) in [5, 5.41) is 8.66. The number of hydrogen-bond donors (Lipinski definition) is 0. The fraction of sp³-hybridized carbons (Fsp3) is 0.440. The van der Waals surface area contributed by atoms with Crippen LogP contribution in [0.3, 0.4) is 0 Å². The van der Waals surface area contributed by atoms with E-state index in [4.69, 9.17) is 11.6 Å². The number of carbonyl (C=O) groups is 2. The Labute approximate surface area is 200 Å². The van der Waals surface area contributed by atoms with Crippen molar-refractivity contribution in [1.29, 1.82) is 0 Å². The van der Waals surface area contributed by atoms with Gasteiger partial charge in [0.15, 0.2) is 0 Å².